The molecule has 6 heteroatoms. The van der Waals surface area contributed by atoms with Gasteiger partial charge in [0.25, 0.3) is 0 Å². The molecule has 0 radical (unpaired) electrons. The maximum Gasteiger partial charge on any atom is 0.232 e. The number of pyridine rings is 1. The molecule has 106 valence electrons. The lowest BCUT2D eigenvalue weighted by Crippen LogP contribution is -2.20. The van der Waals surface area contributed by atoms with E-state index in [1.165, 1.54) is 12.8 Å². The number of aryl methyl sites for hydroxylation is 1. The van der Waals surface area contributed by atoms with E-state index in [-0.39, 0.29) is 5.75 Å². The van der Waals surface area contributed by atoms with Gasteiger partial charge in [0.2, 0.25) is 10.0 Å². The van der Waals surface area contributed by atoms with Gasteiger partial charge in [0, 0.05) is 12.2 Å². The first-order chi connectivity index (χ1) is 9.07. The number of nitrogens with one attached hydrogen (secondary N) is 2. The summed E-state index contributed by atoms with van der Waals surface area (Å²) in [4.78, 5) is 3.93. The van der Waals surface area contributed by atoms with Crippen molar-refractivity contribution in [3.63, 3.8) is 0 Å². The zero-order chi connectivity index (χ0) is 13.7. The molecule has 0 aromatic carbocycles. The second-order valence-electron chi connectivity index (χ2n) is 5.05. The van der Waals surface area contributed by atoms with E-state index in [0.717, 1.165) is 18.5 Å². The van der Waals surface area contributed by atoms with Gasteiger partial charge in [-0.05, 0) is 50.8 Å². The third-order valence-electron chi connectivity index (χ3n) is 3.15. The van der Waals surface area contributed by atoms with Crippen LogP contribution in [0.1, 0.15) is 31.2 Å². The Kier molecular flexibility index (Phi) is 4.76. The molecule has 0 bridgehead atoms. The Morgan fingerprint density at radius 3 is 2.84 bits per heavy atom. The standard InChI is InChI=1S/C13H21N3O2S/c1-11-6-8-14-10-13(11)16-19(17,18)9-3-2-7-15-12-4-5-12/h6,8,10,12,15-16H,2-5,7,9H2,1H3. The summed E-state index contributed by atoms with van der Waals surface area (Å²) in [6, 6.07) is 2.48. The number of sulfonamides is 1. The Morgan fingerprint density at radius 1 is 1.37 bits per heavy atom. The zero-order valence-corrected chi connectivity index (χ0v) is 12.0. The molecular formula is C13H21N3O2S. The summed E-state index contributed by atoms with van der Waals surface area (Å²) in [5.41, 5.74) is 1.45. The summed E-state index contributed by atoms with van der Waals surface area (Å²) >= 11 is 0. The molecule has 1 heterocycles. The highest BCUT2D eigenvalue weighted by atomic mass is 32.2. The van der Waals surface area contributed by atoms with Gasteiger partial charge in [-0.2, -0.15) is 0 Å². The Hall–Kier alpha value is -1.14. The number of rotatable bonds is 8. The average Bonchev–Trinajstić information content (AvgIpc) is 3.15. The smallest absolute Gasteiger partial charge is 0.232 e. The molecular weight excluding hydrogens is 262 g/mol. The van der Waals surface area contributed by atoms with Crippen molar-refractivity contribution in [1.82, 2.24) is 10.3 Å². The second kappa shape index (κ2) is 6.34. The summed E-state index contributed by atoms with van der Waals surface area (Å²) in [5.74, 6) is 0.160. The highest BCUT2D eigenvalue weighted by Crippen LogP contribution is 2.18. The predicted molar refractivity (Wildman–Crippen MR) is 76.6 cm³/mol. The summed E-state index contributed by atoms with van der Waals surface area (Å²) in [6.07, 6.45) is 7.29. The Morgan fingerprint density at radius 2 is 2.16 bits per heavy atom. The molecule has 0 atom stereocenters. The third kappa shape index (κ3) is 5.16. The van der Waals surface area contributed by atoms with Gasteiger partial charge in [-0.25, -0.2) is 8.42 Å². The maximum absolute atomic E-state index is 11.9. The molecule has 0 amide bonds. The highest BCUT2D eigenvalue weighted by molar-refractivity contribution is 7.92. The lowest BCUT2D eigenvalue weighted by atomic mass is 10.3. The van der Waals surface area contributed by atoms with Crippen LogP contribution in [0, 0.1) is 6.92 Å². The highest BCUT2D eigenvalue weighted by Gasteiger charge is 2.19. The first-order valence-electron chi connectivity index (χ1n) is 6.71. The van der Waals surface area contributed by atoms with Crippen LogP contribution in [0.15, 0.2) is 18.5 Å². The molecule has 0 saturated heterocycles. The molecule has 1 fully saturated rings. The number of unbranched alkanes of at least 4 members (excludes halogenated alkanes) is 1. The van der Waals surface area contributed by atoms with E-state index in [1.54, 1.807) is 18.5 Å². The number of hydrogen-bond acceptors (Lipinski definition) is 4. The van der Waals surface area contributed by atoms with Gasteiger partial charge in [-0.3, -0.25) is 9.71 Å². The lowest BCUT2D eigenvalue weighted by molar-refractivity contribution is 0.591. The van der Waals surface area contributed by atoms with Crippen molar-refractivity contribution >= 4 is 15.7 Å². The number of anilines is 1. The van der Waals surface area contributed by atoms with Crippen LogP contribution in [-0.2, 0) is 10.0 Å². The molecule has 19 heavy (non-hydrogen) atoms. The average molecular weight is 283 g/mol. The third-order valence-corrected chi connectivity index (χ3v) is 4.51. The summed E-state index contributed by atoms with van der Waals surface area (Å²) in [6.45, 7) is 2.77. The number of nitrogens with zero attached hydrogens (tertiary/aromatic N) is 1. The van der Waals surface area contributed by atoms with Crippen LogP contribution >= 0.6 is 0 Å². The molecule has 0 unspecified atom stereocenters. The Balaban J connectivity index is 1.73. The van der Waals surface area contributed by atoms with Crippen LogP contribution in [0.5, 0.6) is 0 Å². The molecule has 0 aliphatic heterocycles. The van der Waals surface area contributed by atoms with Crippen molar-refractivity contribution in [2.75, 3.05) is 17.0 Å². The topological polar surface area (TPSA) is 71.1 Å². The van der Waals surface area contributed by atoms with Crippen molar-refractivity contribution in [2.24, 2.45) is 0 Å². The molecule has 1 aliphatic rings. The van der Waals surface area contributed by atoms with Crippen molar-refractivity contribution in [1.29, 1.82) is 0 Å². The van der Waals surface area contributed by atoms with Crippen LogP contribution in [0.2, 0.25) is 0 Å². The largest absolute Gasteiger partial charge is 0.314 e. The first kappa shape index (κ1) is 14.3. The van der Waals surface area contributed by atoms with Gasteiger partial charge >= 0.3 is 0 Å². The van der Waals surface area contributed by atoms with Crippen LogP contribution in [0.3, 0.4) is 0 Å². The molecule has 1 aromatic rings. The minimum absolute atomic E-state index is 0.160. The van der Waals surface area contributed by atoms with Crippen molar-refractivity contribution in [2.45, 2.75) is 38.6 Å². The Labute approximate surface area is 114 Å². The van der Waals surface area contributed by atoms with Crippen LogP contribution in [-0.4, -0.2) is 31.7 Å². The van der Waals surface area contributed by atoms with Gasteiger partial charge < -0.3 is 5.32 Å². The molecule has 1 aliphatic carbocycles. The van der Waals surface area contributed by atoms with Gasteiger partial charge in [-0.1, -0.05) is 0 Å². The quantitative estimate of drug-likeness (QED) is 0.712. The fraction of sp³-hybridized carbons (Fsp3) is 0.615. The van der Waals surface area contributed by atoms with E-state index >= 15 is 0 Å². The predicted octanol–water partition coefficient (Wildman–Crippen LogP) is 1.66. The zero-order valence-electron chi connectivity index (χ0n) is 11.2. The summed E-state index contributed by atoms with van der Waals surface area (Å²) in [7, 11) is -3.26. The molecule has 1 saturated carbocycles. The first-order valence-corrected chi connectivity index (χ1v) is 8.36. The SMILES string of the molecule is Cc1ccncc1NS(=O)(=O)CCCCNC1CC1. The lowest BCUT2D eigenvalue weighted by Gasteiger charge is -2.09. The van der Waals surface area contributed by atoms with E-state index < -0.39 is 10.0 Å². The van der Waals surface area contributed by atoms with E-state index in [9.17, 15) is 8.42 Å². The van der Waals surface area contributed by atoms with Crippen molar-refractivity contribution in [3.05, 3.63) is 24.0 Å². The fourth-order valence-electron chi connectivity index (χ4n) is 1.80. The van der Waals surface area contributed by atoms with Gasteiger partial charge in [0.1, 0.15) is 0 Å². The van der Waals surface area contributed by atoms with Gasteiger partial charge in [0.15, 0.2) is 0 Å². The molecule has 5 nitrogen and oxygen atoms in total. The van der Waals surface area contributed by atoms with E-state index in [4.69, 9.17) is 0 Å². The van der Waals surface area contributed by atoms with Crippen molar-refractivity contribution < 1.29 is 8.42 Å². The maximum atomic E-state index is 11.9. The molecule has 2 rings (SSSR count). The van der Waals surface area contributed by atoms with Crippen LogP contribution in [0.4, 0.5) is 5.69 Å². The molecule has 0 spiro atoms. The van der Waals surface area contributed by atoms with Crippen molar-refractivity contribution in [3.8, 4) is 0 Å². The van der Waals surface area contributed by atoms with Crippen LogP contribution < -0.4 is 10.0 Å². The number of aromatic nitrogens is 1. The fourth-order valence-corrected chi connectivity index (χ4v) is 3.04. The van der Waals surface area contributed by atoms with E-state index in [1.807, 2.05) is 6.92 Å². The molecule has 1 aromatic heterocycles. The summed E-state index contributed by atoms with van der Waals surface area (Å²) < 4.78 is 26.4. The minimum atomic E-state index is -3.26. The minimum Gasteiger partial charge on any atom is -0.314 e. The monoisotopic (exact) mass is 283 g/mol. The Bertz CT molecular complexity index is 512. The normalized spacial score (nSPS) is 15.4. The van der Waals surface area contributed by atoms with E-state index in [0.29, 0.717) is 18.2 Å². The van der Waals surface area contributed by atoms with Gasteiger partial charge in [0.05, 0.1) is 17.6 Å². The second-order valence-corrected chi connectivity index (χ2v) is 6.89. The molecule has 2 N–H and O–H groups in total. The number of hydrogen-bond donors (Lipinski definition) is 2. The van der Waals surface area contributed by atoms with Gasteiger partial charge in [-0.15, -0.1) is 0 Å². The van der Waals surface area contributed by atoms with Crippen LogP contribution in [0.25, 0.3) is 0 Å². The van der Waals surface area contributed by atoms with E-state index in [2.05, 4.69) is 15.0 Å². The summed E-state index contributed by atoms with van der Waals surface area (Å²) in [5, 5.41) is 3.38.